The van der Waals surface area contributed by atoms with E-state index in [9.17, 15) is 19.7 Å². The summed E-state index contributed by atoms with van der Waals surface area (Å²) in [5.74, 6) is -1.02. The van der Waals surface area contributed by atoms with Crippen molar-refractivity contribution in [3.05, 3.63) is 61.9 Å². The average molecular weight is 433 g/mol. The number of likely N-dealkylation sites (N-methyl/N-ethyl adjacent to an activating group) is 1. The predicted molar refractivity (Wildman–Crippen MR) is 113 cm³/mol. The van der Waals surface area contributed by atoms with Gasteiger partial charge in [-0.05, 0) is 62.8 Å². The van der Waals surface area contributed by atoms with Gasteiger partial charge in [-0.2, -0.15) is 0 Å². The molecule has 1 aliphatic rings. The van der Waals surface area contributed by atoms with Crippen LogP contribution in [0.1, 0.15) is 23.9 Å². The molecule has 0 radical (unpaired) electrons. The van der Waals surface area contributed by atoms with Crippen LogP contribution in [0.5, 0.6) is 0 Å². The van der Waals surface area contributed by atoms with Gasteiger partial charge >= 0.3 is 0 Å². The number of aromatic nitrogens is 1. The summed E-state index contributed by atoms with van der Waals surface area (Å²) in [6.07, 6.45) is 1.51. The minimum absolute atomic E-state index is 0.0252. The third kappa shape index (κ3) is 3.66. The second-order valence-electron chi connectivity index (χ2n) is 6.42. The fourth-order valence-corrected chi connectivity index (χ4v) is 3.74. The Kier molecular flexibility index (Phi) is 5.54. The first-order valence-electron chi connectivity index (χ1n) is 8.67. The van der Waals surface area contributed by atoms with Crippen LogP contribution in [0.4, 0.5) is 5.69 Å². The van der Waals surface area contributed by atoms with Gasteiger partial charge in [0, 0.05) is 24.0 Å². The van der Waals surface area contributed by atoms with E-state index in [2.05, 4.69) is 5.32 Å². The number of nitrogens with one attached hydrogen (secondary N) is 1. The molecule has 1 fully saturated rings. The Morgan fingerprint density at radius 2 is 1.97 bits per heavy atom. The molecule has 1 N–H and O–H groups in total. The standard InChI is InChI=1S/C19H17ClN4O4S/c1-4-22-18(26)14(17(25)21-19(22)29)8-12-7-10(2)23(11(12)3)13-5-6-15(20)16(9-13)24(27)28/h5-9H,4H2,1-3H3,(H,21,25,29)/b14-8-. The van der Waals surface area contributed by atoms with Gasteiger partial charge in [-0.3, -0.25) is 29.9 Å². The number of hydrogen-bond acceptors (Lipinski definition) is 5. The highest BCUT2D eigenvalue weighted by Crippen LogP contribution is 2.30. The summed E-state index contributed by atoms with van der Waals surface area (Å²) in [5, 5.41) is 13.8. The van der Waals surface area contributed by atoms with Gasteiger partial charge in [-0.1, -0.05) is 11.6 Å². The molecule has 2 amide bonds. The van der Waals surface area contributed by atoms with Gasteiger partial charge in [0.25, 0.3) is 17.5 Å². The van der Waals surface area contributed by atoms with Gasteiger partial charge in [0.1, 0.15) is 10.6 Å². The van der Waals surface area contributed by atoms with E-state index in [1.54, 1.807) is 30.5 Å². The van der Waals surface area contributed by atoms with Crippen LogP contribution in [0.3, 0.4) is 0 Å². The minimum Gasteiger partial charge on any atom is -0.318 e. The number of aryl methyl sites for hydroxylation is 1. The molecular weight excluding hydrogens is 416 g/mol. The van der Waals surface area contributed by atoms with E-state index in [0.717, 1.165) is 5.69 Å². The Hall–Kier alpha value is -3.04. The molecule has 29 heavy (non-hydrogen) atoms. The number of rotatable bonds is 4. The number of amides is 2. The van der Waals surface area contributed by atoms with Crippen molar-refractivity contribution in [2.75, 3.05) is 6.54 Å². The number of nitro benzene ring substituents is 1. The van der Waals surface area contributed by atoms with Gasteiger partial charge in [0.15, 0.2) is 5.11 Å². The number of nitrogens with zero attached hydrogens (tertiary/aromatic N) is 3. The van der Waals surface area contributed by atoms with Gasteiger partial charge in [-0.15, -0.1) is 0 Å². The summed E-state index contributed by atoms with van der Waals surface area (Å²) in [7, 11) is 0. The fourth-order valence-electron chi connectivity index (χ4n) is 3.25. The average Bonchev–Trinajstić information content (AvgIpc) is 2.92. The fraction of sp³-hybridized carbons (Fsp3) is 0.211. The molecule has 0 atom stereocenters. The summed E-state index contributed by atoms with van der Waals surface area (Å²) < 4.78 is 1.79. The first kappa shape index (κ1) is 20.7. The van der Waals surface area contributed by atoms with Crippen molar-refractivity contribution in [2.45, 2.75) is 20.8 Å². The van der Waals surface area contributed by atoms with Gasteiger partial charge < -0.3 is 4.57 Å². The lowest BCUT2D eigenvalue weighted by Gasteiger charge is -2.27. The van der Waals surface area contributed by atoms with Crippen LogP contribution in [0, 0.1) is 24.0 Å². The summed E-state index contributed by atoms with van der Waals surface area (Å²) >= 11 is 10.9. The molecule has 1 aromatic carbocycles. The van der Waals surface area contributed by atoms with Crippen LogP contribution in [0.15, 0.2) is 29.8 Å². The van der Waals surface area contributed by atoms with E-state index in [-0.39, 0.29) is 21.4 Å². The van der Waals surface area contributed by atoms with E-state index in [4.69, 9.17) is 23.8 Å². The zero-order chi connectivity index (χ0) is 21.5. The van der Waals surface area contributed by atoms with Crippen molar-refractivity contribution >= 4 is 52.5 Å². The molecule has 2 heterocycles. The second-order valence-corrected chi connectivity index (χ2v) is 7.22. The zero-order valence-corrected chi connectivity index (χ0v) is 17.4. The van der Waals surface area contributed by atoms with E-state index in [1.807, 2.05) is 6.92 Å². The van der Waals surface area contributed by atoms with E-state index in [0.29, 0.717) is 23.5 Å². The summed E-state index contributed by atoms with van der Waals surface area (Å²) in [4.78, 5) is 36.9. The third-order valence-electron chi connectivity index (χ3n) is 4.66. The van der Waals surface area contributed by atoms with Crippen molar-refractivity contribution in [1.82, 2.24) is 14.8 Å². The molecule has 10 heteroatoms. The van der Waals surface area contributed by atoms with Crippen LogP contribution >= 0.6 is 23.8 Å². The van der Waals surface area contributed by atoms with Crippen molar-refractivity contribution in [1.29, 1.82) is 0 Å². The number of benzene rings is 1. The monoisotopic (exact) mass is 432 g/mol. The Morgan fingerprint density at radius 1 is 1.28 bits per heavy atom. The lowest BCUT2D eigenvalue weighted by Crippen LogP contribution is -2.53. The van der Waals surface area contributed by atoms with Gasteiger partial charge in [0.2, 0.25) is 0 Å². The van der Waals surface area contributed by atoms with E-state index >= 15 is 0 Å². The lowest BCUT2D eigenvalue weighted by molar-refractivity contribution is -0.384. The highest BCUT2D eigenvalue weighted by atomic mass is 35.5. The molecule has 0 unspecified atom stereocenters. The second kappa shape index (κ2) is 7.76. The predicted octanol–water partition coefficient (Wildman–Crippen LogP) is 3.30. The van der Waals surface area contributed by atoms with E-state index < -0.39 is 16.7 Å². The molecule has 8 nitrogen and oxygen atoms in total. The van der Waals surface area contributed by atoms with Gasteiger partial charge in [-0.25, -0.2) is 0 Å². The van der Waals surface area contributed by atoms with Crippen molar-refractivity contribution in [3.8, 4) is 5.69 Å². The molecule has 150 valence electrons. The molecule has 1 aromatic heterocycles. The zero-order valence-electron chi connectivity index (χ0n) is 15.9. The normalized spacial score (nSPS) is 15.8. The van der Waals surface area contributed by atoms with Gasteiger partial charge in [0.05, 0.1) is 10.6 Å². The summed E-state index contributed by atoms with van der Waals surface area (Å²) in [5.41, 5.74) is 2.45. The molecule has 0 saturated carbocycles. The van der Waals surface area contributed by atoms with Crippen LogP contribution < -0.4 is 5.32 Å². The first-order chi connectivity index (χ1) is 13.6. The lowest BCUT2D eigenvalue weighted by atomic mass is 10.1. The number of halogens is 1. The number of carbonyl (C=O) groups excluding carboxylic acids is 2. The Labute approximate surface area is 176 Å². The molecule has 0 bridgehead atoms. The summed E-state index contributed by atoms with van der Waals surface area (Å²) in [6.45, 7) is 5.72. The Balaban J connectivity index is 2.09. The molecule has 1 aliphatic heterocycles. The van der Waals surface area contributed by atoms with Crippen molar-refractivity contribution < 1.29 is 14.5 Å². The van der Waals surface area contributed by atoms with Crippen molar-refractivity contribution in [2.24, 2.45) is 0 Å². The molecule has 2 aromatic rings. The van der Waals surface area contributed by atoms with Crippen LogP contribution in [0.25, 0.3) is 11.8 Å². The molecule has 1 saturated heterocycles. The SMILES string of the molecule is CCN1C(=O)/C(=C\c2cc(C)n(-c3ccc(Cl)c([N+](=O)[O-])c3)c2C)C(=O)NC1=S. The van der Waals surface area contributed by atoms with Crippen LogP contribution in [0.2, 0.25) is 5.02 Å². The Bertz CT molecular complexity index is 1110. The number of carbonyl (C=O) groups is 2. The quantitative estimate of drug-likeness (QED) is 0.263. The maximum absolute atomic E-state index is 12.6. The first-order valence-corrected chi connectivity index (χ1v) is 9.46. The number of thiocarbonyl (C=S) groups is 1. The maximum Gasteiger partial charge on any atom is 0.289 e. The number of nitro groups is 1. The van der Waals surface area contributed by atoms with Crippen LogP contribution in [-0.2, 0) is 9.59 Å². The largest absolute Gasteiger partial charge is 0.318 e. The molecule has 0 aliphatic carbocycles. The molecular formula is C19H17ClN4O4S. The topological polar surface area (TPSA) is 97.5 Å². The highest BCUT2D eigenvalue weighted by Gasteiger charge is 2.32. The smallest absolute Gasteiger partial charge is 0.289 e. The summed E-state index contributed by atoms with van der Waals surface area (Å²) in [6, 6.07) is 6.31. The highest BCUT2D eigenvalue weighted by molar-refractivity contribution is 7.80. The molecule has 3 rings (SSSR count). The van der Waals surface area contributed by atoms with E-state index in [1.165, 1.54) is 23.1 Å². The van der Waals surface area contributed by atoms with Crippen molar-refractivity contribution in [3.63, 3.8) is 0 Å². The Morgan fingerprint density at radius 3 is 2.59 bits per heavy atom. The maximum atomic E-state index is 12.6. The number of hydrogen-bond donors (Lipinski definition) is 1. The van der Waals surface area contributed by atoms with Crippen LogP contribution in [-0.4, -0.2) is 37.9 Å². The third-order valence-corrected chi connectivity index (χ3v) is 5.30. The minimum atomic E-state index is -0.559. The molecule has 0 spiro atoms.